The minimum atomic E-state index is -1.94. The molecule has 6 nitrogen and oxygen atoms in total. The number of anilines is 1. The lowest BCUT2D eigenvalue weighted by molar-refractivity contribution is -0.133. The molecule has 0 bridgehead atoms. The van der Waals surface area contributed by atoms with E-state index >= 15 is 0 Å². The lowest BCUT2D eigenvalue weighted by atomic mass is 9.88. The molecule has 1 aliphatic rings. The molecule has 0 fully saturated rings. The maximum absolute atomic E-state index is 12.8. The molecular weight excluding hydrogens is 390 g/mol. The molecular formula is C18H16BrNO5. The first-order valence-electron chi connectivity index (χ1n) is 7.48. The van der Waals surface area contributed by atoms with Crippen LogP contribution in [0.3, 0.4) is 0 Å². The third-order valence-corrected chi connectivity index (χ3v) is 4.67. The highest BCUT2D eigenvalue weighted by atomic mass is 79.9. The number of hydrogen-bond acceptors (Lipinski definition) is 5. The van der Waals surface area contributed by atoms with Gasteiger partial charge in [0.25, 0.3) is 5.91 Å². The molecule has 0 saturated carbocycles. The van der Waals surface area contributed by atoms with Crippen LogP contribution in [0.1, 0.15) is 22.3 Å². The van der Waals surface area contributed by atoms with Crippen LogP contribution >= 0.6 is 15.9 Å². The molecule has 130 valence electrons. The van der Waals surface area contributed by atoms with Gasteiger partial charge < -0.3 is 19.9 Å². The molecule has 0 radical (unpaired) electrons. The van der Waals surface area contributed by atoms with Gasteiger partial charge >= 0.3 is 0 Å². The molecule has 1 heterocycles. The Kier molecular flexibility index (Phi) is 4.53. The molecule has 1 atom stereocenters. The summed E-state index contributed by atoms with van der Waals surface area (Å²) < 4.78 is 11.1. The van der Waals surface area contributed by atoms with E-state index in [1.165, 1.54) is 20.3 Å². The Morgan fingerprint density at radius 2 is 1.96 bits per heavy atom. The number of halogens is 1. The predicted octanol–water partition coefficient (Wildman–Crippen LogP) is 2.88. The average molecular weight is 406 g/mol. The van der Waals surface area contributed by atoms with Crippen molar-refractivity contribution < 1.29 is 24.2 Å². The van der Waals surface area contributed by atoms with Crippen molar-refractivity contribution in [1.29, 1.82) is 0 Å². The topological polar surface area (TPSA) is 84.9 Å². The van der Waals surface area contributed by atoms with Crippen molar-refractivity contribution in [2.75, 3.05) is 19.5 Å². The number of carbonyl (C=O) groups is 2. The highest BCUT2D eigenvalue weighted by Crippen LogP contribution is 2.41. The van der Waals surface area contributed by atoms with E-state index in [4.69, 9.17) is 9.47 Å². The number of aliphatic hydroxyl groups is 1. The van der Waals surface area contributed by atoms with Gasteiger partial charge in [0.1, 0.15) is 11.5 Å². The monoisotopic (exact) mass is 405 g/mol. The standard InChI is InChI=1S/C18H16BrNO5/c1-24-11-4-6-16(25-2)12(8-11)15(21)9-18(23)13-7-10(19)3-5-14(13)20-17(18)22/h3-8,23H,9H2,1-2H3,(H,20,22). The molecule has 2 aromatic carbocycles. The van der Waals surface area contributed by atoms with Crippen LogP contribution < -0.4 is 14.8 Å². The minimum Gasteiger partial charge on any atom is -0.497 e. The van der Waals surface area contributed by atoms with Gasteiger partial charge in [-0.25, -0.2) is 0 Å². The van der Waals surface area contributed by atoms with E-state index in [0.717, 1.165) is 0 Å². The summed E-state index contributed by atoms with van der Waals surface area (Å²) >= 11 is 3.32. The van der Waals surface area contributed by atoms with Gasteiger partial charge in [-0.3, -0.25) is 9.59 Å². The van der Waals surface area contributed by atoms with Crippen LogP contribution in [0.15, 0.2) is 40.9 Å². The largest absolute Gasteiger partial charge is 0.497 e. The number of nitrogens with one attached hydrogen (secondary N) is 1. The van der Waals surface area contributed by atoms with E-state index in [1.54, 1.807) is 30.3 Å². The normalized spacial score (nSPS) is 18.5. The molecule has 3 rings (SSSR count). The summed E-state index contributed by atoms with van der Waals surface area (Å²) in [7, 11) is 2.93. The zero-order valence-corrected chi connectivity index (χ0v) is 15.2. The maximum atomic E-state index is 12.8. The SMILES string of the molecule is COc1ccc(OC)c(C(=O)CC2(O)C(=O)Nc3ccc(Br)cc32)c1. The van der Waals surface area contributed by atoms with Crippen molar-refractivity contribution >= 4 is 33.3 Å². The number of ether oxygens (including phenoxy) is 2. The summed E-state index contributed by atoms with van der Waals surface area (Å²) in [6.07, 6.45) is -0.411. The minimum absolute atomic E-state index is 0.242. The van der Waals surface area contributed by atoms with Crippen LogP contribution in [-0.2, 0) is 10.4 Å². The van der Waals surface area contributed by atoms with Gasteiger partial charge in [-0.15, -0.1) is 0 Å². The average Bonchev–Trinajstić information content (AvgIpc) is 2.85. The first kappa shape index (κ1) is 17.4. The number of ketones is 1. The van der Waals surface area contributed by atoms with E-state index < -0.39 is 23.7 Å². The second-order valence-electron chi connectivity index (χ2n) is 5.67. The van der Waals surface area contributed by atoms with E-state index in [-0.39, 0.29) is 5.56 Å². The Hall–Kier alpha value is -2.38. The summed E-state index contributed by atoms with van der Waals surface area (Å²) in [6, 6.07) is 9.85. The van der Waals surface area contributed by atoms with Crippen molar-refractivity contribution in [3.05, 3.63) is 52.0 Å². The van der Waals surface area contributed by atoms with Crippen molar-refractivity contribution in [2.45, 2.75) is 12.0 Å². The van der Waals surface area contributed by atoms with Crippen LogP contribution in [0.25, 0.3) is 0 Å². The second kappa shape index (κ2) is 6.50. The van der Waals surface area contributed by atoms with E-state index in [1.807, 2.05) is 0 Å². The van der Waals surface area contributed by atoms with Crippen molar-refractivity contribution in [3.8, 4) is 11.5 Å². The quantitative estimate of drug-likeness (QED) is 0.747. The fourth-order valence-electron chi connectivity index (χ4n) is 2.85. The van der Waals surface area contributed by atoms with Gasteiger partial charge in [0.2, 0.25) is 0 Å². The molecule has 7 heteroatoms. The molecule has 1 unspecified atom stereocenters. The first-order valence-corrected chi connectivity index (χ1v) is 8.27. The summed E-state index contributed by atoms with van der Waals surface area (Å²) in [5.74, 6) is -0.227. The van der Waals surface area contributed by atoms with Crippen molar-refractivity contribution in [3.63, 3.8) is 0 Å². The maximum Gasteiger partial charge on any atom is 0.261 e. The molecule has 0 spiro atoms. The molecule has 0 saturated heterocycles. The van der Waals surface area contributed by atoms with Crippen LogP contribution in [-0.4, -0.2) is 31.0 Å². The number of methoxy groups -OCH3 is 2. The van der Waals surface area contributed by atoms with Gasteiger partial charge in [-0.1, -0.05) is 15.9 Å². The number of amides is 1. The van der Waals surface area contributed by atoms with Gasteiger partial charge in [0.05, 0.1) is 26.2 Å². The fraction of sp³-hybridized carbons (Fsp3) is 0.222. The number of carbonyl (C=O) groups excluding carboxylic acids is 2. The Morgan fingerprint density at radius 3 is 2.64 bits per heavy atom. The molecule has 0 aromatic heterocycles. The summed E-state index contributed by atoms with van der Waals surface area (Å²) in [5, 5.41) is 13.5. The van der Waals surface area contributed by atoms with Gasteiger partial charge in [-0.05, 0) is 36.4 Å². The Labute approximate surface area is 152 Å². The summed E-state index contributed by atoms with van der Waals surface area (Å²) in [4.78, 5) is 25.1. The third-order valence-electron chi connectivity index (χ3n) is 4.17. The molecule has 25 heavy (non-hydrogen) atoms. The molecule has 1 amide bonds. The van der Waals surface area contributed by atoms with Crippen molar-refractivity contribution in [1.82, 2.24) is 0 Å². The number of benzene rings is 2. The lowest BCUT2D eigenvalue weighted by Crippen LogP contribution is -2.36. The number of fused-ring (bicyclic) bond motifs is 1. The first-order chi connectivity index (χ1) is 11.9. The smallest absolute Gasteiger partial charge is 0.261 e. The molecule has 2 aromatic rings. The zero-order chi connectivity index (χ0) is 18.2. The van der Waals surface area contributed by atoms with Crippen LogP contribution in [0.2, 0.25) is 0 Å². The lowest BCUT2D eigenvalue weighted by Gasteiger charge is -2.21. The van der Waals surface area contributed by atoms with Gasteiger partial charge in [0, 0.05) is 15.7 Å². The molecule has 2 N–H and O–H groups in total. The van der Waals surface area contributed by atoms with Crippen LogP contribution in [0.4, 0.5) is 5.69 Å². The summed E-state index contributed by atoms with van der Waals surface area (Å²) in [6.45, 7) is 0. The van der Waals surface area contributed by atoms with Crippen LogP contribution in [0, 0.1) is 0 Å². The number of Topliss-reactive ketones (excluding diaryl/α,β-unsaturated/α-hetero) is 1. The highest BCUT2D eigenvalue weighted by molar-refractivity contribution is 9.10. The molecule has 0 aliphatic carbocycles. The summed E-state index contributed by atoms with van der Waals surface area (Å²) in [5.41, 5.74) is -0.848. The predicted molar refractivity (Wildman–Crippen MR) is 95.2 cm³/mol. The third kappa shape index (κ3) is 3.01. The fourth-order valence-corrected chi connectivity index (χ4v) is 3.21. The highest BCUT2D eigenvalue weighted by Gasteiger charge is 2.47. The number of hydrogen-bond donors (Lipinski definition) is 2. The van der Waals surface area contributed by atoms with Crippen LogP contribution in [0.5, 0.6) is 11.5 Å². The Morgan fingerprint density at radius 1 is 1.20 bits per heavy atom. The van der Waals surface area contributed by atoms with E-state index in [9.17, 15) is 14.7 Å². The van der Waals surface area contributed by atoms with Gasteiger partial charge in [-0.2, -0.15) is 0 Å². The zero-order valence-electron chi connectivity index (χ0n) is 13.6. The Balaban J connectivity index is 1.99. The van der Waals surface area contributed by atoms with E-state index in [0.29, 0.717) is 27.2 Å². The second-order valence-corrected chi connectivity index (χ2v) is 6.59. The number of rotatable bonds is 5. The van der Waals surface area contributed by atoms with E-state index in [2.05, 4.69) is 21.2 Å². The van der Waals surface area contributed by atoms with Gasteiger partial charge in [0.15, 0.2) is 11.4 Å². The molecule has 1 aliphatic heterocycles. The van der Waals surface area contributed by atoms with Crippen molar-refractivity contribution in [2.24, 2.45) is 0 Å². The Bertz CT molecular complexity index is 867.